The Hall–Kier alpha value is -3.71. The number of tetrazole rings is 1. The number of aromatic nitrogens is 4. The minimum Gasteiger partial charge on any atom is -0.360 e. The number of nitriles is 1. The number of aromatic amines is 1. The molecule has 0 aliphatic carbocycles. The number of nitrogens with zero attached hydrogens (tertiary/aromatic N) is 5. The molecule has 0 saturated heterocycles. The van der Waals surface area contributed by atoms with Gasteiger partial charge >= 0.3 is 0 Å². The van der Waals surface area contributed by atoms with Crippen LogP contribution in [0.1, 0.15) is 17.8 Å². The normalized spacial score (nSPS) is 11.1. The Balaban J connectivity index is 1.67. The predicted molar refractivity (Wildman–Crippen MR) is 110 cm³/mol. The Kier molecular flexibility index (Phi) is 6.91. The first kappa shape index (κ1) is 20.0. The van der Waals surface area contributed by atoms with Crippen LogP contribution >= 0.6 is 11.8 Å². The smallest absolute Gasteiger partial charge is 0.272 e. The topological polar surface area (TPSA) is 133 Å². The largest absolute Gasteiger partial charge is 0.360 e. The fraction of sp³-hybridized carbons (Fsp3) is 0.158. The van der Waals surface area contributed by atoms with Gasteiger partial charge in [-0.25, -0.2) is 0 Å². The number of non-ortho nitro benzene ring substituents is 1. The van der Waals surface area contributed by atoms with Crippen molar-refractivity contribution in [3.63, 3.8) is 0 Å². The first-order valence-corrected chi connectivity index (χ1v) is 9.71. The molecule has 0 fully saturated rings. The molecule has 3 aromatic rings. The molecule has 2 N–H and O–H groups in total. The van der Waals surface area contributed by atoms with E-state index in [9.17, 15) is 15.4 Å². The van der Waals surface area contributed by atoms with Crippen LogP contribution in [-0.4, -0.2) is 31.3 Å². The van der Waals surface area contributed by atoms with Gasteiger partial charge in [0.05, 0.1) is 4.92 Å². The average Bonchev–Trinajstić information content (AvgIpc) is 3.27. The van der Waals surface area contributed by atoms with E-state index < -0.39 is 4.92 Å². The zero-order valence-corrected chi connectivity index (χ0v) is 16.1. The van der Waals surface area contributed by atoms with Crippen molar-refractivity contribution in [1.82, 2.24) is 20.6 Å². The number of aryl methyl sites for hydroxylation is 1. The molecule has 0 aliphatic heterocycles. The van der Waals surface area contributed by atoms with Crippen LogP contribution in [0, 0.1) is 21.4 Å². The summed E-state index contributed by atoms with van der Waals surface area (Å²) in [5, 5.41) is 36.6. The zero-order valence-electron chi connectivity index (χ0n) is 15.3. The first-order chi connectivity index (χ1) is 14.2. The number of hydrogen-bond donors (Lipinski definition) is 2. The molecular weight excluding hydrogens is 390 g/mol. The van der Waals surface area contributed by atoms with Gasteiger partial charge in [-0.3, -0.25) is 10.1 Å². The number of benzene rings is 2. The third kappa shape index (κ3) is 5.88. The summed E-state index contributed by atoms with van der Waals surface area (Å²) in [4.78, 5) is 11.6. The molecule has 0 saturated carbocycles. The van der Waals surface area contributed by atoms with E-state index in [0.717, 1.165) is 23.5 Å². The van der Waals surface area contributed by atoms with Crippen molar-refractivity contribution in [2.75, 3.05) is 11.1 Å². The molecule has 0 amide bonds. The maximum Gasteiger partial charge on any atom is 0.272 e. The van der Waals surface area contributed by atoms with Crippen molar-refractivity contribution in [3.8, 4) is 6.07 Å². The fourth-order valence-electron chi connectivity index (χ4n) is 2.54. The maximum atomic E-state index is 11.3. The summed E-state index contributed by atoms with van der Waals surface area (Å²) in [5.41, 5.74) is 1.90. The van der Waals surface area contributed by atoms with E-state index in [-0.39, 0.29) is 17.1 Å². The van der Waals surface area contributed by atoms with Gasteiger partial charge in [0.1, 0.15) is 11.6 Å². The summed E-state index contributed by atoms with van der Waals surface area (Å²) in [7, 11) is 0. The third-order valence-electron chi connectivity index (χ3n) is 3.91. The second-order valence-corrected chi connectivity index (χ2v) is 7.13. The summed E-state index contributed by atoms with van der Waals surface area (Å²) >= 11 is 1.55. The summed E-state index contributed by atoms with van der Waals surface area (Å²) in [6.45, 7) is 0. The Labute approximate surface area is 171 Å². The minimum atomic E-state index is -0.437. The molecule has 0 unspecified atom stereocenters. The average molecular weight is 407 g/mol. The van der Waals surface area contributed by atoms with Crippen LogP contribution < -0.4 is 5.32 Å². The quantitative estimate of drug-likeness (QED) is 0.180. The van der Waals surface area contributed by atoms with Crippen LogP contribution in [0.5, 0.6) is 0 Å². The second kappa shape index (κ2) is 10.0. The van der Waals surface area contributed by atoms with Gasteiger partial charge in [0, 0.05) is 28.9 Å². The monoisotopic (exact) mass is 407 g/mol. The van der Waals surface area contributed by atoms with E-state index in [1.165, 1.54) is 17.8 Å². The molecule has 10 heteroatoms. The number of H-pyrrole nitrogens is 1. The molecule has 1 aromatic heterocycles. The number of thioether (sulfide) groups is 1. The minimum absolute atomic E-state index is 0.0213. The summed E-state index contributed by atoms with van der Waals surface area (Å²) in [6, 6.07) is 16.9. The van der Waals surface area contributed by atoms with Crippen LogP contribution in [0.3, 0.4) is 0 Å². The number of allylic oxidation sites excluding steroid dienone is 1. The number of nitro groups is 1. The number of nitro benzene ring substituents is 1. The summed E-state index contributed by atoms with van der Waals surface area (Å²) < 4.78 is 0. The Morgan fingerprint density at radius 2 is 2.14 bits per heavy atom. The van der Waals surface area contributed by atoms with Gasteiger partial charge in [0.15, 0.2) is 0 Å². The molecule has 0 atom stereocenters. The van der Waals surface area contributed by atoms with E-state index >= 15 is 0 Å². The molecular formula is C19H17N7O2S. The van der Waals surface area contributed by atoms with Crippen LogP contribution in [0.2, 0.25) is 0 Å². The van der Waals surface area contributed by atoms with Gasteiger partial charge in [-0.1, -0.05) is 30.3 Å². The van der Waals surface area contributed by atoms with Gasteiger partial charge < -0.3 is 5.32 Å². The van der Waals surface area contributed by atoms with Crippen LogP contribution in [0.25, 0.3) is 5.57 Å². The highest BCUT2D eigenvalue weighted by Gasteiger charge is 2.11. The molecule has 146 valence electrons. The van der Waals surface area contributed by atoms with Gasteiger partial charge in [-0.15, -0.1) is 22.0 Å². The number of rotatable bonds is 9. The van der Waals surface area contributed by atoms with Crippen molar-refractivity contribution in [3.05, 3.63) is 76.2 Å². The van der Waals surface area contributed by atoms with Gasteiger partial charge in [-0.05, 0) is 35.4 Å². The van der Waals surface area contributed by atoms with Crippen LogP contribution in [0.15, 0.2) is 59.6 Å². The molecule has 2 aromatic carbocycles. The van der Waals surface area contributed by atoms with Gasteiger partial charge in [0.25, 0.3) is 5.69 Å². The highest BCUT2D eigenvalue weighted by Crippen LogP contribution is 2.29. The Morgan fingerprint density at radius 1 is 1.31 bits per heavy atom. The SMILES string of the molecule is N#CC(=CNc1cc(SCCCc2ccccc2)cc([N+](=O)[O-])c1)c1nn[nH]n1. The first-order valence-electron chi connectivity index (χ1n) is 8.72. The Bertz CT molecular complexity index is 1030. The summed E-state index contributed by atoms with van der Waals surface area (Å²) in [5.74, 6) is 0.971. The van der Waals surface area contributed by atoms with Crippen LogP contribution in [0.4, 0.5) is 11.4 Å². The molecule has 0 radical (unpaired) electrons. The van der Waals surface area contributed by atoms with Crippen molar-refractivity contribution < 1.29 is 4.92 Å². The van der Waals surface area contributed by atoms with E-state index in [1.807, 2.05) is 30.3 Å². The summed E-state index contributed by atoms with van der Waals surface area (Å²) in [6.07, 6.45) is 3.30. The van der Waals surface area contributed by atoms with Crippen molar-refractivity contribution in [2.45, 2.75) is 17.7 Å². The predicted octanol–water partition coefficient (Wildman–Crippen LogP) is 3.81. The molecule has 9 nitrogen and oxygen atoms in total. The maximum absolute atomic E-state index is 11.3. The van der Waals surface area contributed by atoms with Crippen molar-refractivity contribution >= 4 is 28.7 Å². The lowest BCUT2D eigenvalue weighted by atomic mass is 10.1. The zero-order chi connectivity index (χ0) is 20.5. The number of nitrogens with one attached hydrogen (secondary N) is 2. The van der Waals surface area contributed by atoms with E-state index in [0.29, 0.717) is 5.69 Å². The van der Waals surface area contributed by atoms with Crippen molar-refractivity contribution in [1.29, 1.82) is 5.26 Å². The molecule has 0 bridgehead atoms. The van der Waals surface area contributed by atoms with E-state index in [1.54, 1.807) is 17.8 Å². The lowest BCUT2D eigenvalue weighted by Crippen LogP contribution is -1.96. The number of anilines is 1. The lowest BCUT2D eigenvalue weighted by molar-refractivity contribution is -0.385. The molecule has 0 aliphatic rings. The van der Waals surface area contributed by atoms with Crippen molar-refractivity contribution in [2.24, 2.45) is 0 Å². The van der Waals surface area contributed by atoms with E-state index in [4.69, 9.17) is 0 Å². The molecule has 0 spiro atoms. The molecule has 3 rings (SSSR count). The fourth-order valence-corrected chi connectivity index (χ4v) is 3.48. The van der Waals surface area contributed by atoms with Crippen LogP contribution in [-0.2, 0) is 6.42 Å². The third-order valence-corrected chi connectivity index (χ3v) is 4.98. The molecule has 29 heavy (non-hydrogen) atoms. The number of hydrogen-bond acceptors (Lipinski definition) is 8. The van der Waals surface area contributed by atoms with Gasteiger partial charge in [-0.2, -0.15) is 10.5 Å². The van der Waals surface area contributed by atoms with E-state index in [2.05, 4.69) is 38.1 Å². The van der Waals surface area contributed by atoms with Gasteiger partial charge in [0.2, 0.25) is 5.82 Å². The standard InChI is InChI=1S/C19H17N7O2S/c20-12-15(19-22-24-25-23-19)13-21-16-9-17(26(27)28)11-18(10-16)29-8-4-7-14-5-2-1-3-6-14/h1-3,5-6,9-11,13,21H,4,7-8H2,(H,22,23,24,25). The second-order valence-electron chi connectivity index (χ2n) is 5.96. The lowest BCUT2D eigenvalue weighted by Gasteiger charge is -2.07. The molecule has 1 heterocycles. The highest BCUT2D eigenvalue weighted by atomic mass is 32.2. The Morgan fingerprint density at radius 3 is 2.83 bits per heavy atom. The highest BCUT2D eigenvalue weighted by molar-refractivity contribution is 7.99.